The number of aromatic amines is 1. The SMILES string of the molecule is C[C@H]1CC[C@H](c2ccc3sc(C4CC(N(C)C)C4)nc3c2)N(C(=O)C(=O)Nc2cnc3o[nH]c(=O)c3c2)C1. The number of fused-ring (bicyclic) bond motifs is 2. The minimum absolute atomic E-state index is 0.139. The number of benzene rings is 1. The lowest BCUT2D eigenvalue weighted by Gasteiger charge is -2.38. The van der Waals surface area contributed by atoms with Gasteiger partial charge in [0.2, 0.25) is 0 Å². The number of hydrogen-bond acceptors (Lipinski definition) is 8. The highest BCUT2D eigenvalue weighted by Crippen LogP contribution is 2.43. The van der Waals surface area contributed by atoms with Gasteiger partial charge in [-0.1, -0.05) is 13.0 Å². The van der Waals surface area contributed by atoms with Crippen LogP contribution in [0.1, 0.15) is 55.1 Å². The maximum Gasteiger partial charge on any atom is 0.313 e. The van der Waals surface area contributed by atoms with Crippen LogP contribution in [0.15, 0.2) is 39.8 Å². The molecule has 2 amide bonds. The van der Waals surface area contributed by atoms with Crippen molar-refractivity contribution in [1.82, 2.24) is 24.9 Å². The van der Waals surface area contributed by atoms with E-state index in [4.69, 9.17) is 9.51 Å². The lowest BCUT2D eigenvalue weighted by atomic mass is 9.80. The first kappa shape index (κ1) is 24.7. The van der Waals surface area contributed by atoms with Crippen LogP contribution < -0.4 is 10.9 Å². The van der Waals surface area contributed by atoms with E-state index in [0.717, 1.165) is 41.5 Å². The molecule has 0 unspecified atom stereocenters. The highest BCUT2D eigenvalue weighted by Gasteiger charge is 2.36. The third kappa shape index (κ3) is 4.49. The monoisotopic (exact) mass is 534 g/mol. The molecular formula is C27H30N6O4S. The molecule has 2 fully saturated rings. The third-order valence-corrected chi connectivity index (χ3v) is 9.07. The number of thiazole rings is 1. The number of aromatic nitrogens is 3. The number of hydrogen-bond donors (Lipinski definition) is 2. The number of piperidine rings is 1. The summed E-state index contributed by atoms with van der Waals surface area (Å²) in [5.74, 6) is -0.580. The maximum absolute atomic E-state index is 13.4. The topological polar surface area (TPSA) is 124 Å². The van der Waals surface area contributed by atoms with Gasteiger partial charge in [-0.05, 0) is 69.5 Å². The van der Waals surface area contributed by atoms with Gasteiger partial charge in [0.1, 0.15) is 5.39 Å². The van der Waals surface area contributed by atoms with Crippen LogP contribution in [0, 0.1) is 5.92 Å². The standard InChI is InChI=1S/C27H30N6O4S/c1-14-4-6-21(15-5-7-22-20(10-15)30-26(38-22)16-8-18(9-16)32(2)3)33(13-14)27(36)24(35)29-17-11-19-23(34)31-37-25(19)28-12-17/h5,7,10-12,14,16,18,21H,4,6,8-9,13H2,1-3H3,(H,29,35)(H,31,34)/t14-,16?,18?,21+/m0/s1. The quantitative estimate of drug-likeness (QED) is 0.381. The van der Waals surface area contributed by atoms with Gasteiger partial charge in [0.25, 0.3) is 11.3 Å². The Morgan fingerprint density at radius 3 is 2.82 bits per heavy atom. The summed E-state index contributed by atoms with van der Waals surface area (Å²) in [4.78, 5) is 51.2. The Morgan fingerprint density at radius 2 is 2.03 bits per heavy atom. The fraction of sp³-hybridized carbons (Fsp3) is 0.444. The smallest absolute Gasteiger partial charge is 0.313 e. The summed E-state index contributed by atoms with van der Waals surface area (Å²) < 4.78 is 6.10. The molecule has 1 aliphatic heterocycles. The van der Waals surface area contributed by atoms with Crippen LogP contribution in [-0.2, 0) is 9.59 Å². The Balaban J connectivity index is 1.21. The van der Waals surface area contributed by atoms with Crippen molar-refractivity contribution in [2.75, 3.05) is 26.0 Å². The largest absolute Gasteiger partial charge is 0.358 e. The highest BCUT2D eigenvalue weighted by molar-refractivity contribution is 7.18. The molecule has 38 heavy (non-hydrogen) atoms. The number of carbonyl (C=O) groups is 2. The molecule has 2 aliphatic rings. The van der Waals surface area contributed by atoms with Crippen molar-refractivity contribution in [3.05, 3.63) is 51.4 Å². The average molecular weight is 535 g/mol. The van der Waals surface area contributed by atoms with Crippen molar-refractivity contribution in [1.29, 1.82) is 0 Å². The Hall–Kier alpha value is -3.57. The summed E-state index contributed by atoms with van der Waals surface area (Å²) in [6, 6.07) is 8.10. The number of amides is 2. The third-order valence-electron chi connectivity index (χ3n) is 7.87. The Kier molecular flexibility index (Phi) is 6.27. The molecule has 1 aliphatic carbocycles. The second-order valence-electron chi connectivity index (χ2n) is 10.8. The van der Waals surface area contributed by atoms with Crippen molar-refractivity contribution >= 4 is 50.2 Å². The van der Waals surface area contributed by atoms with Gasteiger partial charge in [-0.3, -0.25) is 14.4 Å². The van der Waals surface area contributed by atoms with Crippen molar-refractivity contribution in [3.8, 4) is 0 Å². The molecule has 1 aromatic carbocycles. The van der Waals surface area contributed by atoms with Crippen LogP contribution in [0.4, 0.5) is 5.69 Å². The predicted octanol–water partition coefficient (Wildman–Crippen LogP) is 3.87. The van der Waals surface area contributed by atoms with Crippen LogP contribution in [0.5, 0.6) is 0 Å². The number of H-pyrrole nitrogens is 1. The lowest BCUT2D eigenvalue weighted by molar-refractivity contribution is -0.146. The summed E-state index contributed by atoms with van der Waals surface area (Å²) in [5, 5.41) is 6.20. The molecule has 10 nitrogen and oxygen atoms in total. The molecule has 11 heteroatoms. The highest BCUT2D eigenvalue weighted by atomic mass is 32.1. The maximum atomic E-state index is 13.4. The van der Waals surface area contributed by atoms with Gasteiger partial charge in [-0.15, -0.1) is 11.3 Å². The minimum atomic E-state index is -0.761. The minimum Gasteiger partial charge on any atom is -0.358 e. The van der Waals surface area contributed by atoms with Gasteiger partial charge in [0.05, 0.1) is 33.2 Å². The molecule has 0 spiro atoms. The Labute approximate surface area is 223 Å². The number of nitrogens with one attached hydrogen (secondary N) is 2. The molecule has 198 valence electrons. The van der Waals surface area contributed by atoms with Crippen molar-refractivity contribution in [3.63, 3.8) is 0 Å². The summed E-state index contributed by atoms with van der Waals surface area (Å²) in [6.45, 7) is 2.58. The first-order chi connectivity index (χ1) is 18.3. The van der Waals surface area contributed by atoms with E-state index < -0.39 is 17.4 Å². The number of carbonyl (C=O) groups excluding carboxylic acids is 2. The van der Waals surface area contributed by atoms with Crippen LogP contribution in [0.25, 0.3) is 21.3 Å². The number of rotatable bonds is 4. The molecule has 2 atom stereocenters. The molecule has 6 rings (SSSR count). The van der Waals surface area contributed by atoms with Gasteiger partial charge in [-0.2, -0.15) is 5.16 Å². The van der Waals surface area contributed by atoms with Crippen molar-refractivity contribution in [2.45, 2.75) is 50.6 Å². The zero-order valence-corrected chi connectivity index (χ0v) is 22.4. The van der Waals surface area contributed by atoms with E-state index in [2.05, 4.69) is 59.6 Å². The van der Waals surface area contributed by atoms with E-state index in [9.17, 15) is 14.4 Å². The fourth-order valence-electron chi connectivity index (χ4n) is 5.51. The average Bonchev–Trinajstić information content (AvgIpc) is 3.45. The molecular weight excluding hydrogens is 504 g/mol. The number of likely N-dealkylation sites (tertiary alicyclic amines) is 1. The molecule has 4 aromatic rings. The zero-order valence-electron chi connectivity index (χ0n) is 21.6. The van der Waals surface area contributed by atoms with Crippen LogP contribution in [0.3, 0.4) is 0 Å². The van der Waals surface area contributed by atoms with E-state index in [1.54, 1.807) is 16.2 Å². The van der Waals surface area contributed by atoms with E-state index in [0.29, 0.717) is 18.5 Å². The summed E-state index contributed by atoms with van der Waals surface area (Å²) in [5.41, 5.74) is 1.90. The summed E-state index contributed by atoms with van der Waals surface area (Å²) in [6.07, 6.45) is 5.36. The van der Waals surface area contributed by atoms with Gasteiger partial charge in [0.15, 0.2) is 0 Å². The molecule has 2 N–H and O–H groups in total. The molecule has 1 saturated carbocycles. The number of anilines is 1. The molecule has 0 bridgehead atoms. The Bertz CT molecular complexity index is 1580. The van der Waals surface area contributed by atoms with Gasteiger partial charge >= 0.3 is 11.8 Å². The molecule has 3 aromatic heterocycles. The normalized spacial score (nSPS) is 23.6. The lowest BCUT2D eigenvalue weighted by Crippen LogP contribution is -2.46. The van der Waals surface area contributed by atoms with E-state index in [-0.39, 0.29) is 28.7 Å². The van der Waals surface area contributed by atoms with Gasteiger partial charge < -0.3 is 19.6 Å². The van der Waals surface area contributed by atoms with Crippen LogP contribution in [0.2, 0.25) is 0 Å². The van der Waals surface area contributed by atoms with Crippen LogP contribution >= 0.6 is 11.3 Å². The Morgan fingerprint density at radius 1 is 1.21 bits per heavy atom. The van der Waals surface area contributed by atoms with Gasteiger partial charge in [-0.25, -0.2) is 9.97 Å². The van der Waals surface area contributed by atoms with E-state index in [1.807, 2.05) is 0 Å². The second-order valence-corrected chi connectivity index (χ2v) is 11.8. The van der Waals surface area contributed by atoms with Crippen LogP contribution in [-0.4, -0.2) is 63.4 Å². The molecule has 4 heterocycles. The van der Waals surface area contributed by atoms with E-state index >= 15 is 0 Å². The molecule has 1 saturated heterocycles. The van der Waals surface area contributed by atoms with Gasteiger partial charge in [0, 0.05) is 18.5 Å². The zero-order chi connectivity index (χ0) is 26.6. The predicted molar refractivity (Wildman–Crippen MR) is 145 cm³/mol. The van der Waals surface area contributed by atoms with E-state index in [1.165, 1.54) is 17.3 Å². The number of pyridine rings is 1. The summed E-state index contributed by atoms with van der Waals surface area (Å²) >= 11 is 1.75. The first-order valence-corrected chi connectivity index (χ1v) is 13.7. The van der Waals surface area contributed by atoms with Crippen molar-refractivity contribution < 1.29 is 14.1 Å². The molecule has 0 radical (unpaired) electrons. The van der Waals surface area contributed by atoms with Crippen molar-refractivity contribution in [2.24, 2.45) is 5.92 Å². The summed E-state index contributed by atoms with van der Waals surface area (Å²) in [7, 11) is 4.25. The number of nitrogens with zero attached hydrogens (tertiary/aromatic N) is 4. The second kappa shape index (κ2) is 9.63. The fourth-order valence-corrected chi connectivity index (χ4v) is 6.58. The first-order valence-electron chi connectivity index (χ1n) is 12.9.